The lowest BCUT2D eigenvalue weighted by molar-refractivity contribution is 1.28. The van der Waals surface area contributed by atoms with Crippen LogP contribution in [0.1, 0.15) is 11.1 Å². The Balaban J connectivity index is 2.03. The first-order valence-electron chi connectivity index (χ1n) is 5.31. The first kappa shape index (κ1) is 11.2. The largest absolute Gasteiger partial charge is 0.0795 e. The smallest absolute Gasteiger partial charge is 0.0247 e. The lowest BCUT2D eigenvalue weighted by atomic mass is 10.1. The van der Waals surface area contributed by atoms with Gasteiger partial charge in [0.2, 0.25) is 0 Å². The van der Waals surface area contributed by atoms with E-state index >= 15 is 0 Å². The Kier molecular flexibility index (Phi) is 3.95. The molecule has 0 saturated carbocycles. The molecule has 16 heavy (non-hydrogen) atoms. The Hall–Kier alpha value is -1.34. The topological polar surface area (TPSA) is 0 Å². The zero-order chi connectivity index (χ0) is 11.2. The molecule has 0 saturated heterocycles. The van der Waals surface area contributed by atoms with Gasteiger partial charge in [-0.2, -0.15) is 0 Å². The minimum absolute atomic E-state index is 0.974. The molecule has 0 aliphatic carbocycles. The van der Waals surface area contributed by atoms with Crippen molar-refractivity contribution in [3.8, 4) is 0 Å². The molecule has 0 amide bonds. The van der Waals surface area contributed by atoms with Crippen LogP contribution in [0.25, 0.3) is 6.08 Å². The summed E-state index contributed by atoms with van der Waals surface area (Å²) < 4.78 is 1.14. The van der Waals surface area contributed by atoms with Crippen LogP contribution in [0.5, 0.6) is 0 Å². The fourth-order valence-electron chi connectivity index (χ4n) is 1.55. The number of rotatable bonds is 3. The van der Waals surface area contributed by atoms with Crippen molar-refractivity contribution < 1.29 is 0 Å². The molecule has 0 aliphatic heterocycles. The van der Waals surface area contributed by atoms with E-state index in [9.17, 15) is 0 Å². The molecule has 0 aliphatic rings. The summed E-state index contributed by atoms with van der Waals surface area (Å²) in [4.78, 5) is 0. The highest BCUT2D eigenvalue weighted by Gasteiger charge is 1.92. The highest BCUT2D eigenvalue weighted by atomic mass is 79.9. The fourth-order valence-corrected chi connectivity index (χ4v) is 1.96. The second kappa shape index (κ2) is 5.66. The van der Waals surface area contributed by atoms with Gasteiger partial charge in [0.1, 0.15) is 0 Å². The molecule has 1 heteroatoms. The molecule has 0 bridgehead atoms. The van der Waals surface area contributed by atoms with Gasteiger partial charge < -0.3 is 0 Å². The molecule has 80 valence electrons. The molecule has 0 spiro atoms. The van der Waals surface area contributed by atoms with Gasteiger partial charge in [0, 0.05) is 4.47 Å². The summed E-state index contributed by atoms with van der Waals surface area (Å²) >= 11 is 3.53. The van der Waals surface area contributed by atoms with Crippen molar-refractivity contribution in [2.45, 2.75) is 6.42 Å². The Bertz CT molecular complexity index is 472. The van der Waals surface area contributed by atoms with Gasteiger partial charge in [0.15, 0.2) is 0 Å². The number of halogens is 1. The van der Waals surface area contributed by atoms with Crippen LogP contribution in [-0.4, -0.2) is 0 Å². The summed E-state index contributed by atoms with van der Waals surface area (Å²) in [5, 5.41) is 0. The fraction of sp³-hybridized carbons (Fsp3) is 0.0667. The second-order valence-electron chi connectivity index (χ2n) is 3.61. The summed E-state index contributed by atoms with van der Waals surface area (Å²) in [7, 11) is 0. The van der Waals surface area contributed by atoms with Gasteiger partial charge in [-0.15, -0.1) is 0 Å². The summed E-state index contributed by atoms with van der Waals surface area (Å²) in [5.41, 5.74) is 2.56. The van der Waals surface area contributed by atoms with E-state index in [1.54, 1.807) is 0 Å². The molecular weight excluding hydrogens is 260 g/mol. The lowest BCUT2D eigenvalue weighted by Gasteiger charge is -1.97. The Morgan fingerprint density at radius 2 is 1.56 bits per heavy atom. The Labute approximate surface area is 105 Å². The molecule has 0 nitrogen and oxygen atoms in total. The normalized spacial score (nSPS) is 10.8. The molecule has 0 radical (unpaired) electrons. The standard InChI is InChI=1S/C15H13Br/c16-15-12-5-4-10-14(15)11-6-9-13-7-2-1-3-8-13/h1-8,10-12H,9H2/b11-6+. The van der Waals surface area contributed by atoms with E-state index in [0.29, 0.717) is 0 Å². The van der Waals surface area contributed by atoms with E-state index in [1.165, 1.54) is 11.1 Å². The molecule has 0 fully saturated rings. The number of hydrogen-bond acceptors (Lipinski definition) is 0. The zero-order valence-electron chi connectivity index (χ0n) is 8.94. The average molecular weight is 273 g/mol. The van der Waals surface area contributed by atoms with Crippen LogP contribution in [0.2, 0.25) is 0 Å². The third-order valence-electron chi connectivity index (χ3n) is 2.40. The molecule has 2 aromatic rings. The van der Waals surface area contributed by atoms with E-state index in [2.05, 4.69) is 64.5 Å². The van der Waals surface area contributed by atoms with Gasteiger partial charge in [-0.05, 0) is 23.6 Å². The minimum Gasteiger partial charge on any atom is -0.0795 e. The van der Waals surface area contributed by atoms with Crippen molar-refractivity contribution in [3.05, 3.63) is 76.3 Å². The van der Waals surface area contributed by atoms with E-state index in [-0.39, 0.29) is 0 Å². The van der Waals surface area contributed by atoms with Gasteiger partial charge in [0.25, 0.3) is 0 Å². The molecular formula is C15H13Br. The molecule has 0 atom stereocenters. The maximum absolute atomic E-state index is 3.53. The van der Waals surface area contributed by atoms with E-state index in [1.807, 2.05) is 18.2 Å². The molecule has 0 unspecified atom stereocenters. The third-order valence-corrected chi connectivity index (χ3v) is 3.12. The summed E-state index contributed by atoms with van der Waals surface area (Å²) in [6.07, 6.45) is 5.31. The summed E-state index contributed by atoms with van der Waals surface area (Å²) in [5.74, 6) is 0. The second-order valence-corrected chi connectivity index (χ2v) is 4.47. The van der Waals surface area contributed by atoms with E-state index < -0.39 is 0 Å². The predicted octanol–water partition coefficient (Wildman–Crippen LogP) is 4.71. The summed E-state index contributed by atoms with van der Waals surface area (Å²) in [6, 6.07) is 18.7. The number of benzene rings is 2. The monoisotopic (exact) mass is 272 g/mol. The molecule has 2 aromatic carbocycles. The maximum Gasteiger partial charge on any atom is 0.0247 e. The maximum atomic E-state index is 3.53. The Morgan fingerprint density at radius 3 is 2.31 bits per heavy atom. The molecule has 2 rings (SSSR count). The van der Waals surface area contributed by atoms with Crippen LogP contribution >= 0.6 is 15.9 Å². The number of hydrogen-bond donors (Lipinski definition) is 0. The summed E-state index contributed by atoms with van der Waals surface area (Å²) in [6.45, 7) is 0. The van der Waals surface area contributed by atoms with Crippen LogP contribution in [0, 0.1) is 0 Å². The number of allylic oxidation sites excluding steroid dienone is 1. The van der Waals surface area contributed by atoms with Crippen molar-refractivity contribution in [2.75, 3.05) is 0 Å². The van der Waals surface area contributed by atoms with Crippen LogP contribution in [0.3, 0.4) is 0 Å². The van der Waals surface area contributed by atoms with Gasteiger partial charge in [-0.25, -0.2) is 0 Å². The minimum atomic E-state index is 0.974. The van der Waals surface area contributed by atoms with Gasteiger partial charge in [-0.1, -0.05) is 76.6 Å². The quantitative estimate of drug-likeness (QED) is 0.760. The molecule has 0 N–H and O–H groups in total. The van der Waals surface area contributed by atoms with Crippen LogP contribution in [-0.2, 0) is 6.42 Å². The SMILES string of the molecule is Brc1ccccc1/C=C/Cc1ccccc1. The van der Waals surface area contributed by atoms with Crippen LogP contribution < -0.4 is 0 Å². The average Bonchev–Trinajstić information content (AvgIpc) is 2.33. The van der Waals surface area contributed by atoms with Crippen LogP contribution in [0.4, 0.5) is 0 Å². The van der Waals surface area contributed by atoms with E-state index in [0.717, 1.165) is 10.9 Å². The van der Waals surface area contributed by atoms with Crippen molar-refractivity contribution >= 4 is 22.0 Å². The highest BCUT2D eigenvalue weighted by molar-refractivity contribution is 9.10. The van der Waals surface area contributed by atoms with Crippen molar-refractivity contribution in [1.29, 1.82) is 0 Å². The Morgan fingerprint density at radius 1 is 0.875 bits per heavy atom. The van der Waals surface area contributed by atoms with Gasteiger partial charge in [0.05, 0.1) is 0 Å². The van der Waals surface area contributed by atoms with Crippen molar-refractivity contribution in [2.24, 2.45) is 0 Å². The van der Waals surface area contributed by atoms with Gasteiger partial charge >= 0.3 is 0 Å². The third kappa shape index (κ3) is 3.07. The lowest BCUT2D eigenvalue weighted by Crippen LogP contribution is -1.79. The molecule has 0 aromatic heterocycles. The van der Waals surface area contributed by atoms with Crippen LogP contribution in [0.15, 0.2) is 65.1 Å². The highest BCUT2D eigenvalue weighted by Crippen LogP contribution is 2.17. The predicted molar refractivity (Wildman–Crippen MR) is 73.3 cm³/mol. The first-order chi connectivity index (χ1) is 7.86. The first-order valence-corrected chi connectivity index (χ1v) is 6.10. The van der Waals surface area contributed by atoms with Gasteiger partial charge in [-0.3, -0.25) is 0 Å². The van der Waals surface area contributed by atoms with Crippen molar-refractivity contribution in [3.63, 3.8) is 0 Å². The van der Waals surface area contributed by atoms with Crippen molar-refractivity contribution in [1.82, 2.24) is 0 Å². The van der Waals surface area contributed by atoms with E-state index in [4.69, 9.17) is 0 Å². The molecule has 0 heterocycles. The zero-order valence-corrected chi connectivity index (χ0v) is 10.5.